The van der Waals surface area contributed by atoms with E-state index in [0.717, 1.165) is 18.9 Å². The Kier molecular flexibility index (Phi) is 4.79. The molecule has 2 saturated heterocycles. The summed E-state index contributed by atoms with van der Waals surface area (Å²) in [6, 6.07) is 11.1. The minimum Gasteiger partial charge on any atom is -0.478 e. The largest absolute Gasteiger partial charge is 0.478 e. The zero-order valence-electron chi connectivity index (χ0n) is 15.2. The van der Waals surface area contributed by atoms with Crippen LogP contribution in [-0.2, 0) is 9.59 Å². The lowest BCUT2D eigenvalue weighted by Gasteiger charge is -2.37. The van der Waals surface area contributed by atoms with Gasteiger partial charge in [-0.1, -0.05) is 6.07 Å². The number of imide groups is 1. The summed E-state index contributed by atoms with van der Waals surface area (Å²) < 4.78 is 0. The Balaban J connectivity index is 1.44. The van der Waals surface area contributed by atoms with Gasteiger partial charge in [0, 0.05) is 32.4 Å². The predicted molar refractivity (Wildman–Crippen MR) is 102 cm³/mol. The summed E-state index contributed by atoms with van der Waals surface area (Å²) in [7, 11) is 0. The van der Waals surface area contributed by atoms with Crippen LogP contribution in [-0.4, -0.2) is 65.0 Å². The second kappa shape index (κ2) is 7.40. The van der Waals surface area contributed by atoms with Crippen LogP contribution in [0.5, 0.6) is 0 Å². The lowest BCUT2D eigenvalue weighted by Crippen LogP contribution is -2.52. The third kappa shape index (κ3) is 3.34. The lowest BCUT2D eigenvalue weighted by atomic mass is 10.1. The van der Waals surface area contributed by atoms with Gasteiger partial charge in [-0.15, -0.1) is 0 Å². The van der Waals surface area contributed by atoms with Crippen LogP contribution in [0.2, 0.25) is 0 Å². The number of carbonyl (C=O) groups is 3. The van der Waals surface area contributed by atoms with Crippen LogP contribution in [0.3, 0.4) is 0 Å². The van der Waals surface area contributed by atoms with Gasteiger partial charge >= 0.3 is 5.97 Å². The van der Waals surface area contributed by atoms with Crippen molar-refractivity contribution in [1.82, 2.24) is 9.88 Å². The van der Waals surface area contributed by atoms with Gasteiger partial charge in [-0.3, -0.25) is 14.5 Å². The van der Waals surface area contributed by atoms with E-state index in [2.05, 4.69) is 9.88 Å². The molecule has 2 aliphatic heterocycles. The number of pyridine rings is 1. The average Bonchev–Trinajstić information content (AvgIpc) is 3.03. The first kappa shape index (κ1) is 18.1. The maximum Gasteiger partial charge on any atom is 0.335 e. The van der Waals surface area contributed by atoms with Crippen LogP contribution in [0.1, 0.15) is 16.8 Å². The molecule has 3 heterocycles. The van der Waals surface area contributed by atoms with Crippen molar-refractivity contribution in [3.63, 3.8) is 0 Å². The molecule has 1 atom stereocenters. The SMILES string of the molecule is O=C(O)c1ccc(N2C(=O)CC(N3CCN(c4ccccn4)CC3)C2=O)cc1. The molecule has 1 aromatic heterocycles. The summed E-state index contributed by atoms with van der Waals surface area (Å²) >= 11 is 0. The van der Waals surface area contributed by atoms with Crippen molar-refractivity contribution >= 4 is 29.3 Å². The normalized spacial score (nSPS) is 20.6. The topological polar surface area (TPSA) is 94.1 Å². The number of benzene rings is 1. The summed E-state index contributed by atoms with van der Waals surface area (Å²) in [5.74, 6) is -0.644. The highest BCUT2D eigenvalue weighted by Crippen LogP contribution is 2.27. The van der Waals surface area contributed by atoms with Gasteiger partial charge in [0.15, 0.2) is 0 Å². The monoisotopic (exact) mass is 380 g/mol. The fourth-order valence-corrected chi connectivity index (χ4v) is 3.73. The van der Waals surface area contributed by atoms with Gasteiger partial charge in [0.25, 0.3) is 5.91 Å². The van der Waals surface area contributed by atoms with Crippen LogP contribution >= 0.6 is 0 Å². The molecule has 4 rings (SSSR count). The highest BCUT2D eigenvalue weighted by molar-refractivity contribution is 6.22. The molecule has 2 fully saturated rings. The van der Waals surface area contributed by atoms with Crippen molar-refractivity contribution < 1.29 is 19.5 Å². The molecule has 0 aliphatic carbocycles. The van der Waals surface area contributed by atoms with E-state index >= 15 is 0 Å². The number of aromatic carboxylic acids is 1. The van der Waals surface area contributed by atoms with Crippen LogP contribution in [0.15, 0.2) is 48.7 Å². The number of amides is 2. The van der Waals surface area contributed by atoms with E-state index in [9.17, 15) is 14.4 Å². The zero-order chi connectivity index (χ0) is 19.7. The second-order valence-corrected chi connectivity index (χ2v) is 6.85. The first-order valence-corrected chi connectivity index (χ1v) is 9.15. The number of rotatable bonds is 4. The zero-order valence-corrected chi connectivity index (χ0v) is 15.2. The number of carboxylic acid groups (broad SMARTS) is 1. The number of hydrogen-bond donors (Lipinski definition) is 1. The minimum absolute atomic E-state index is 0.116. The highest BCUT2D eigenvalue weighted by Gasteiger charge is 2.43. The van der Waals surface area contributed by atoms with Crippen molar-refractivity contribution in [3.05, 3.63) is 54.2 Å². The fourth-order valence-electron chi connectivity index (χ4n) is 3.73. The van der Waals surface area contributed by atoms with E-state index in [1.54, 1.807) is 6.20 Å². The van der Waals surface area contributed by atoms with Gasteiger partial charge in [0.1, 0.15) is 5.82 Å². The van der Waals surface area contributed by atoms with Crippen LogP contribution < -0.4 is 9.80 Å². The van der Waals surface area contributed by atoms with Crippen molar-refractivity contribution in [2.45, 2.75) is 12.5 Å². The summed E-state index contributed by atoms with van der Waals surface area (Å²) in [6.45, 7) is 2.82. The van der Waals surface area contributed by atoms with Gasteiger partial charge in [0.2, 0.25) is 5.91 Å². The average molecular weight is 380 g/mol. The molecular weight excluding hydrogens is 360 g/mol. The molecule has 1 aromatic carbocycles. The minimum atomic E-state index is -1.05. The standard InChI is InChI=1S/C20H20N4O4/c25-18-13-16(19(26)24(18)15-6-4-14(5-7-15)20(27)28)22-9-11-23(12-10-22)17-3-1-2-8-21-17/h1-8,16H,9-13H2,(H,27,28). The molecule has 2 aliphatic rings. The number of hydrogen-bond acceptors (Lipinski definition) is 6. The molecule has 28 heavy (non-hydrogen) atoms. The molecule has 144 valence electrons. The Morgan fingerprint density at radius 3 is 2.32 bits per heavy atom. The number of carboxylic acids is 1. The Labute approximate surface area is 162 Å². The quantitative estimate of drug-likeness (QED) is 0.798. The van der Waals surface area contributed by atoms with Crippen molar-refractivity contribution in [3.8, 4) is 0 Å². The van der Waals surface area contributed by atoms with Gasteiger partial charge in [-0.2, -0.15) is 0 Å². The lowest BCUT2D eigenvalue weighted by molar-refractivity contribution is -0.123. The van der Waals surface area contributed by atoms with Gasteiger partial charge in [-0.05, 0) is 36.4 Å². The summed E-state index contributed by atoms with van der Waals surface area (Å²) in [6.07, 6.45) is 1.90. The van der Waals surface area contributed by atoms with Crippen LogP contribution in [0, 0.1) is 0 Å². The molecule has 0 spiro atoms. The predicted octanol–water partition coefficient (Wildman–Crippen LogP) is 1.23. The third-order valence-electron chi connectivity index (χ3n) is 5.22. The first-order valence-electron chi connectivity index (χ1n) is 9.15. The molecule has 1 N–H and O–H groups in total. The highest BCUT2D eigenvalue weighted by atomic mass is 16.4. The summed E-state index contributed by atoms with van der Waals surface area (Å²) in [5.41, 5.74) is 0.527. The molecule has 0 radical (unpaired) electrons. The number of anilines is 2. The van der Waals surface area contributed by atoms with Gasteiger partial charge < -0.3 is 10.0 Å². The third-order valence-corrected chi connectivity index (χ3v) is 5.22. The Hall–Kier alpha value is -3.26. The van der Waals surface area contributed by atoms with Gasteiger partial charge in [0.05, 0.1) is 23.7 Å². The second-order valence-electron chi connectivity index (χ2n) is 6.85. The van der Waals surface area contributed by atoms with Gasteiger partial charge in [-0.25, -0.2) is 14.7 Å². The van der Waals surface area contributed by atoms with E-state index in [-0.39, 0.29) is 23.8 Å². The Morgan fingerprint density at radius 2 is 1.71 bits per heavy atom. The fraction of sp³-hybridized carbons (Fsp3) is 0.300. The van der Waals surface area contributed by atoms with E-state index in [1.807, 2.05) is 23.1 Å². The summed E-state index contributed by atoms with van der Waals surface area (Å²) in [4.78, 5) is 46.1. The molecule has 0 bridgehead atoms. The summed E-state index contributed by atoms with van der Waals surface area (Å²) in [5, 5.41) is 9.00. The molecule has 2 amide bonds. The van der Waals surface area contributed by atoms with Crippen molar-refractivity contribution in [2.24, 2.45) is 0 Å². The molecular formula is C20H20N4O4. The smallest absolute Gasteiger partial charge is 0.335 e. The molecule has 2 aromatic rings. The number of carbonyl (C=O) groups excluding carboxylic acids is 2. The maximum atomic E-state index is 12.9. The van der Waals surface area contributed by atoms with E-state index in [4.69, 9.17) is 5.11 Å². The number of aromatic nitrogens is 1. The molecule has 1 unspecified atom stereocenters. The van der Waals surface area contributed by atoms with Crippen molar-refractivity contribution in [2.75, 3.05) is 36.0 Å². The molecule has 8 nitrogen and oxygen atoms in total. The van der Waals surface area contributed by atoms with E-state index in [1.165, 1.54) is 29.2 Å². The van der Waals surface area contributed by atoms with Crippen molar-refractivity contribution in [1.29, 1.82) is 0 Å². The van der Waals surface area contributed by atoms with Crippen LogP contribution in [0.25, 0.3) is 0 Å². The molecule has 8 heteroatoms. The van der Waals surface area contributed by atoms with Crippen LogP contribution in [0.4, 0.5) is 11.5 Å². The number of nitrogens with zero attached hydrogens (tertiary/aromatic N) is 4. The van der Waals surface area contributed by atoms with E-state index < -0.39 is 12.0 Å². The van der Waals surface area contributed by atoms with E-state index in [0.29, 0.717) is 18.8 Å². The Bertz CT molecular complexity index is 892. The molecule has 0 saturated carbocycles. The Morgan fingerprint density at radius 1 is 1.00 bits per heavy atom. The first-order chi connectivity index (χ1) is 13.5. The number of piperazine rings is 1. The maximum absolute atomic E-state index is 12.9.